The maximum Gasteiger partial charge on any atom is 0.220 e. The molecular weight excluding hydrogens is 411 g/mol. The summed E-state index contributed by atoms with van der Waals surface area (Å²) in [5, 5.41) is 0.362. The van der Waals surface area contributed by atoms with Gasteiger partial charge in [0.15, 0.2) is 11.6 Å². The van der Waals surface area contributed by atoms with Crippen LogP contribution in [0.25, 0.3) is 22.2 Å². The molecule has 162 valence electrons. The van der Waals surface area contributed by atoms with Crippen molar-refractivity contribution in [3.63, 3.8) is 0 Å². The average molecular weight is 431 g/mol. The van der Waals surface area contributed by atoms with Gasteiger partial charge in [-0.1, -0.05) is 0 Å². The number of H-pyrrole nitrogens is 1. The fourth-order valence-electron chi connectivity index (χ4n) is 4.01. The van der Waals surface area contributed by atoms with Crippen molar-refractivity contribution in [3.8, 4) is 17.0 Å². The van der Waals surface area contributed by atoms with E-state index in [2.05, 4.69) is 4.98 Å². The third-order valence-electron chi connectivity index (χ3n) is 5.64. The van der Waals surface area contributed by atoms with E-state index in [1.165, 1.54) is 24.3 Å². The number of hydrogen-bond donors (Lipinski definition) is 3. The lowest BCUT2D eigenvalue weighted by Gasteiger charge is -2.34. The minimum atomic E-state index is -0.756. The Kier molecular flexibility index (Phi) is 5.34. The van der Waals surface area contributed by atoms with Crippen molar-refractivity contribution in [2.75, 3.05) is 6.61 Å². The first kappa shape index (κ1) is 20.8. The SMILES string of the molecule is NC(=O)CCOc1cc(-c2[nH]c3c(F)cc(F)cc3c2C2CC(C(N)=O)C2)ccc1F. The molecule has 1 saturated carbocycles. The van der Waals surface area contributed by atoms with Crippen LogP contribution in [0.1, 0.15) is 30.7 Å². The predicted molar refractivity (Wildman–Crippen MR) is 108 cm³/mol. The van der Waals surface area contributed by atoms with Gasteiger partial charge in [0.1, 0.15) is 11.6 Å². The standard InChI is InChI=1S/C22H20F3N3O3/c23-13-8-14-19(11-5-12(6-11)22(27)30)20(28-21(14)16(25)9-13)10-1-2-15(24)17(7-10)31-4-3-18(26)29/h1-2,7-9,11-12,28H,3-6H2,(H2,26,29)(H2,27,30). The number of halogens is 3. The number of fused-ring (bicyclic) bond motifs is 1. The van der Waals surface area contributed by atoms with E-state index in [0.29, 0.717) is 35.0 Å². The van der Waals surface area contributed by atoms with Crippen molar-refractivity contribution >= 4 is 22.7 Å². The van der Waals surface area contributed by atoms with Crippen LogP contribution in [0, 0.1) is 23.4 Å². The Balaban J connectivity index is 1.78. The molecule has 1 fully saturated rings. The average Bonchev–Trinajstić information content (AvgIpc) is 3.01. The zero-order valence-electron chi connectivity index (χ0n) is 16.4. The number of carbonyl (C=O) groups is 2. The number of aromatic nitrogens is 1. The molecule has 0 aliphatic heterocycles. The highest BCUT2D eigenvalue weighted by molar-refractivity contribution is 5.92. The third kappa shape index (κ3) is 3.95. The Morgan fingerprint density at radius 1 is 1.06 bits per heavy atom. The van der Waals surface area contributed by atoms with Crippen molar-refractivity contribution in [1.82, 2.24) is 4.98 Å². The van der Waals surface area contributed by atoms with Gasteiger partial charge in [-0.15, -0.1) is 0 Å². The monoisotopic (exact) mass is 431 g/mol. The van der Waals surface area contributed by atoms with Crippen molar-refractivity contribution in [3.05, 3.63) is 53.3 Å². The molecule has 0 radical (unpaired) electrons. The van der Waals surface area contributed by atoms with Crippen LogP contribution in [0.3, 0.4) is 0 Å². The van der Waals surface area contributed by atoms with E-state index < -0.39 is 29.3 Å². The Morgan fingerprint density at radius 2 is 1.81 bits per heavy atom. The van der Waals surface area contributed by atoms with Crippen molar-refractivity contribution in [1.29, 1.82) is 0 Å². The van der Waals surface area contributed by atoms with Gasteiger partial charge in [0, 0.05) is 22.9 Å². The zero-order valence-corrected chi connectivity index (χ0v) is 16.4. The van der Waals surface area contributed by atoms with Gasteiger partial charge in [-0.25, -0.2) is 13.2 Å². The maximum absolute atomic E-state index is 14.5. The molecule has 31 heavy (non-hydrogen) atoms. The molecule has 4 rings (SSSR count). The van der Waals surface area contributed by atoms with Crippen molar-refractivity contribution in [2.45, 2.75) is 25.2 Å². The minimum absolute atomic E-state index is 0.0810. The van der Waals surface area contributed by atoms with Gasteiger partial charge < -0.3 is 21.2 Å². The fourth-order valence-corrected chi connectivity index (χ4v) is 4.01. The molecule has 2 amide bonds. The van der Waals surface area contributed by atoms with Crippen molar-refractivity contribution < 1.29 is 27.5 Å². The third-order valence-corrected chi connectivity index (χ3v) is 5.64. The van der Waals surface area contributed by atoms with Gasteiger partial charge in [0.05, 0.1) is 24.2 Å². The zero-order chi connectivity index (χ0) is 22.3. The Hall–Kier alpha value is -3.49. The number of primary amides is 2. The van der Waals surface area contributed by atoms with Gasteiger partial charge in [-0.2, -0.15) is 0 Å². The number of nitrogens with one attached hydrogen (secondary N) is 1. The number of nitrogens with two attached hydrogens (primary N) is 2. The first-order chi connectivity index (χ1) is 14.7. The van der Waals surface area contributed by atoms with Gasteiger partial charge in [0.25, 0.3) is 0 Å². The summed E-state index contributed by atoms with van der Waals surface area (Å²) in [4.78, 5) is 25.3. The summed E-state index contributed by atoms with van der Waals surface area (Å²) < 4.78 is 48.0. The van der Waals surface area contributed by atoms with E-state index in [9.17, 15) is 22.8 Å². The number of hydrogen-bond acceptors (Lipinski definition) is 3. The Labute approximate surface area is 175 Å². The first-order valence-electron chi connectivity index (χ1n) is 9.75. The van der Waals surface area contributed by atoms with Crippen LogP contribution in [0.4, 0.5) is 13.2 Å². The van der Waals surface area contributed by atoms with Gasteiger partial charge >= 0.3 is 0 Å². The van der Waals surface area contributed by atoms with Crippen LogP contribution in [-0.2, 0) is 9.59 Å². The number of aromatic amines is 1. The van der Waals surface area contributed by atoms with Crippen LogP contribution in [0.15, 0.2) is 30.3 Å². The molecule has 0 spiro atoms. The normalized spacial score (nSPS) is 18.0. The molecule has 3 aromatic rings. The van der Waals surface area contributed by atoms with Crippen LogP contribution in [0.5, 0.6) is 5.75 Å². The molecule has 1 aliphatic rings. The molecule has 2 aromatic carbocycles. The second-order valence-electron chi connectivity index (χ2n) is 7.70. The molecule has 0 unspecified atom stereocenters. The highest BCUT2D eigenvalue weighted by atomic mass is 19.1. The molecule has 9 heteroatoms. The second-order valence-corrected chi connectivity index (χ2v) is 7.70. The summed E-state index contributed by atoms with van der Waals surface area (Å²) in [5.74, 6) is -3.67. The molecular formula is C22H20F3N3O3. The molecule has 1 heterocycles. The van der Waals surface area contributed by atoms with E-state index in [0.717, 1.165) is 6.07 Å². The molecule has 0 bridgehead atoms. The Bertz CT molecular complexity index is 1190. The molecule has 0 saturated heterocycles. The number of amides is 2. The summed E-state index contributed by atoms with van der Waals surface area (Å²) in [6.07, 6.45) is 0.829. The fraction of sp³-hybridized carbons (Fsp3) is 0.273. The molecule has 0 atom stereocenters. The number of benzene rings is 2. The van der Waals surface area contributed by atoms with Crippen LogP contribution < -0.4 is 16.2 Å². The topological polar surface area (TPSA) is 111 Å². The minimum Gasteiger partial charge on any atom is -0.490 e. The maximum atomic E-state index is 14.5. The number of ether oxygens (including phenoxy) is 1. The van der Waals surface area contributed by atoms with E-state index in [-0.39, 0.29) is 36.1 Å². The van der Waals surface area contributed by atoms with E-state index in [1.807, 2.05) is 0 Å². The van der Waals surface area contributed by atoms with Crippen LogP contribution in [-0.4, -0.2) is 23.4 Å². The number of rotatable bonds is 7. The van der Waals surface area contributed by atoms with Gasteiger partial charge in [-0.3, -0.25) is 9.59 Å². The lowest BCUT2D eigenvalue weighted by Crippen LogP contribution is -2.34. The summed E-state index contributed by atoms with van der Waals surface area (Å²) in [7, 11) is 0. The lowest BCUT2D eigenvalue weighted by molar-refractivity contribution is -0.124. The largest absolute Gasteiger partial charge is 0.490 e. The van der Waals surface area contributed by atoms with Gasteiger partial charge in [-0.05, 0) is 48.6 Å². The predicted octanol–water partition coefficient (Wildman–Crippen LogP) is 3.49. The Morgan fingerprint density at radius 3 is 2.48 bits per heavy atom. The van der Waals surface area contributed by atoms with Gasteiger partial charge in [0.2, 0.25) is 11.8 Å². The molecule has 1 aromatic heterocycles. The molecule has 6 nitrogen and oxygen atoms in total. The summed E-state index contributed by atoms with van der Waals surface area (Å²) >= 11 is 0. The molecule has 1 aliphatic carbocycles. The van der Waals surface area contributed by atoms with E-state index >= 15 is 0 Å². The highest BCUT2D eigenvalue weighted by Gasteiger charge is 2.37. The highest BCUT2D eigenvalue weighted by Crippen LogP contribution is 2.48. The van der Waals surface area contributed by atoms with Crippen LogP contribution >= 0.6 is 0 Å². The summed E-state index contributed by atoms with van der Waals surface area (Å²) in [6, 6.07) is 6.11. The quantitative estimate of drug-likeness (QED) is 0.532. The van der Waals surface area contributed by atoms with E-state index in [4.69, 9.17) is 16.2 Å². The first-order valence-corrected chi connectivity index (χ1v) is 9.75. The van der Waals surface area contributed by atoms with Crippen molar-refractivity contribution in [2.24, 2.45) is 17.4 Å². The summed E-state index contributed by atoms with van der Waals surface area (Å²) in [6.45, 7) is -0.0992. The number of carbonyl (C=O) groups excluding carboxylic acids is 2. The van der Waals surface area contributed by atoms with E-state index in [1.54, 1.807) is 0 Å². The summed E-state index contributed by atoms with van der Waals surface area (Å²) in [5.41, 5.74) is 12.2. The second kappa shape index (κ2) is 7.98. The molecule has 5 N–H and O–H groups in total. The van der Waals surface area contributed by atoms with Crippen LogP contribution in [0.2, 0.25) is 0 Å². The lowest BCUT2D eigenvalue weighted by atomic mass is 9.70. The smallest absolute Gasteiger partial charge is 0.220 e.